The molecule has 1 heterocycles. The molecule has 2 aromatic rings. The molecule has 0 radical (unpaired) electrons. The zero-order valence-corrected chi connectivity index (χ0v) is 17.4. The lowest BCUT2D eigenvalue weighted by Gasteiger charge is -2.19. The summed E-state index contributed by atoms with van der Waals surface area (Å²) in [5.74, 6) is -1.26. The lowest BCUT2D eigenvalue weighted by Crippen LogP contribution is -2.33. The minimum absolute atomic E-state index is 0.226. The van der Waals surface area contributed by atoms with Gasteiger partial charge in [0.1, 0.15) is 5.75 Å². The normalized spacial score (nSPS) is 20.6. The fraction of sp³-hybridized carbons (Fsp3) is 0.261. The number of anilines is 2. The number of ether oxygens (including phenoxy) is 1. The van der Waals surface area contributed by atoms with Crippen molar-refractivity contribution >= 4 is 40.7 Å². The maximum Gasteiger partial charge on any atom is 0.257 e. The number of amides is 3. The van der Waals surface area contributed by atoms with Crippen LogP contribution in [-0.2, 0) is 9.59 Å². The van der Waals surface area contributed by atoms with Crippen LogP contribution in [0.2, 0.25) is 5.02 Å². The van der Waals surface area contributed by atoms with Gasteiger partial charge in [-0.15, -0.1) is 0 Å². The number of rotatable bonds is 4. The van der Waals surface area contributed by atoms with Gasteiger partial charge < -0.3 is 10.1 Å². The SMILES string of the molecule is COc1ccc(Cl)cc1NC(=O)c1ccccc1N1C(=O)[C@H]2CC=C(C)C[C@H]2C1=O. The molecule has 4 rings (SSSR count). The van der Waals surface area contributed by atoms with Crippen molar-refractivity contribution in [1.82, 2.24) is 0 Å². The van der Waals surface area contributed by atoms with Crippen LogP contribution in [0.5, 0.6) is 5.75 Å². The fourth-order valence-corrected chi connectivity index (χ4v) is 4.28. The van der Waals surface area contributed by atoms with Crippen LogP contribution >= 0.6 is 11.6 Å². The van der Waals surface area contributed by atoms with Crippen molar-refractivity contribution in [3.05, 3.63) is 64.7 Å². The predicted molar refractivity (Wildman–Crippen MR) is 115 cm³/mol. The molecule has 2 atom stereocenters. The molecule has 0 bridgehead atoms. The van der Waals surface area contributed by atoms with Crippen molar-refractivity contribution in [2.45, 2.75) is 19.8 Å². The maximum atomic E-state index is 13.1. The van der Waals surface area contributed by atoms with Gasteiger partial charge in [-0.05, 0) is 50.1 Å². The third kappa shape index (κ3) is 3.48. The van der Waals surface area contributed by atoms with Crippen molar-refractivity contribution in [3.8, 4) is 5.75 Å². The summed E-state index contributed by atoms with van der Waals surface area (Å²) in [6.45, 7) is 1.97. The fourth-order valence-electron chi connectivity index (χ4n) is 4.10. The molecule has 1 saturated heterocycles. The van der Waals surface area contributed by atoms with Crippen LogP contribution in [0.4, 0.5) is 11.4 Å². The summed E-state index contributed by atoms with van der Waals surface area (Å²) in [6, 6.07) is 11.5. The van der Waals surface area contributed by atoms with Crippen LogP contribution in [0.1, 0.15) is 30.1 Å². The molecule has 3 amide bonds. The number of halogens is 1. The number of methoxy groups -OCH3 is 1. The van der Waals surface area contributed by atoms with Gasteiger partial charge in [-0.1, -0.05) is 35.4 Å². The van der Waals surface area contributed by atoms with Gasteiger partial charge >= 0.3 is 0 Å². The molecule has 0 spiro atoms. The molecule has 30 heavy (non-hydrogen) atoms. The Kier molecular flexibility index (Phi) is 5.35. The average Bonchev–Trinajstić information content (AvgIpc) is 2.97. The summed E-state index contributed by atoms with van der Waals surface area (Å²) >= 11 is 6.05. The van der Waals surface area contributed by atoms with E-state index in [9.17, 15) is 14.4 Å². The van der Waals surface area contributed by atoms with Crippen LogP contribution in [-0.4, -0.2) is 24.8 Å². The maximum absolute atomic E-state index is 13.1. The summed E-state index contributed by atoms with van der Waals surface area (Å²) in [4.78, 5) is 40.4. The van der Waals surface area contributed by atoms with E-state index >= 15 is 0 Å². The van der Waals surface area contributed by atoms with Gasteiger partial charge in [0.15, 0.2) is 0 Å². The Morgan fingerprint density at radius 1 is 1.13 bits per heavy atom. The number of hydrogen-bond donors (Lipinski definition) is 1. The van der Waals surface area contributed by atoms with E-state index in [4.69, 9.17) is 16.3 Å². The number of benzene rings is 2. The molecule has 1 aliphatic heterocycles. The first kappa shape index (κ1) is 20.2. The van der Waals surface area contributed by atoms with Gasteiger partial charge in [0.2, 0.25) is 11.8 Å². The number of carbonyl (C=O) groups excluding carboxylic acids is 3. The van der Waals surface area contributed by atoms with Gasteiger partial charge in [-0.25, -0.2) is 4.90 Å². The zero-order valence-electron chi connectivity index (χ0n) is 16.6. The van der Waals surface area contributed by atoms with Gasteiger partial charge in [-0.3, -0.25) is 14.4 Å². The number of nitrogens with one attached hydrogen (secondary N) is 1. The summed E-state index contributed by atoms with van der Waals surface area (Å²) in [5, 5.41) is 3.21. The van der Waals surface area contributed by atoms with Crippen molar-refractivity contribution in [2.75, 3.05) is 17.3 Å². The molecule has 2 aliphatic rings. The van der Waals surface area contributed by atoms with Crippen molar-refractivity contribution in [1.29, 1.82) is 0 Å². The highest BCUT2D eigenvalue weighted by Gasteiger charge is 2.49. The number of carbonyl (C=O) groups is 3. The molecule has 0 aromatic heterocycles. The Hall–Kier alpha value is -3.12. The number of nitrogens with zero attached hydrogens (tertiary/aromatic N) is 1. The average molecular weight is 425 g/mol. The van der Waals surface area contributed by atoms with E-state index in [0.29, 0.717) is 29.3 Å². The molecule has 154 valence electrons. The zero-order chi connectivity index (χ0) is 21.4. The first-order chi connectivity index (χ1) is 14.4. The van der Waals surface area contributed by atoms with Gasteiger partial charge in [0.25, 0.3) is 5.91 Å². The standard InChI is InChI=1S/C23H21ClN2O4/c1-13-7-9-15-17(11-13)23(29)26(22(15)28)19-6-4-3-5-16(19)21(27)25-18-12-14(24)8-10-20(18)30-2/h3-8,10,12,15,17H,9,11H2,1-2H3,(H,25,27)/t15-,17+/m0/s1. The van der Waals surface area contributed by atoms with Crippen molar-refractivity contribution in [3.63, 3.8) is 0 Å². The minimum Gasteiger partial charge on any atom is -0.495 e. The largest absolute Gasteiger partial charge is 0.495 e. The minimum atomic E-state index is -0.462. The smallest absolute Gasteiger partial charge is 0.257 e. The Labute approximate surface area is 179 Å². The topological polar surface area (TPSA) is 75.7 Å². The highest BCUT2D eigenvalue weighted by atomic mass is 35.5. The van der Waals surface area contributed by atoms with Crippen LogP contribution in [0.25, 0.3) is 0 Å². The molecule has 1 N–H and O–H groups in total. The first-order valence-electron chi connectivity index (χ1n) is 9.68. The summed E-state index contributed by atoms with van der Waals surface area (Å²) in [6.07, 6.45) is 3.13. The predicted octanol–water partition coefficient (Wildman–Crippen LogP) is 4.45. The summed E-state index contributed by atoms with van der Waals surface area (Å²) in [5.41, 5.74) is 2.03. The molecule has 7 heteroatoms. The highest BCUT2D eigenvalue weighted by molar-refractivity contribution is 6.31. The molecule has 0 unspecified atom stereocenters. The van der Waals surface area contributed by atoms with Gasteiger partial charge in [0.05, 0.1) is 35.9 Å². The number of imide groups is 1. The van der Waals surface area contributed by atoms with E-state index in [1.807, 2.05) is 13.0 Å². The third-order valence-corrected chi connectivity index (χ3v) is 5.86. The summed E-state index contributed by atoms with van der Waals surface area (Å²) < 4.78 is 5.28. The second-order valence-corrected chi connectivity index (χ2v) is 7.97. The van der Waals surface area contributed by atoms with Crippen LogP contribution < -0.4 is 15.0 Å². The van der Waals surface area contributed by atoms with Crippen molar-refractivity contribution in [2.24, 2.45) is 11.8 Å². The molecular formula is C23H21ClN2O4. The second kappa shape index (κ2) is 7.95. The Morgan fingerprint density at radius 3 is 2.63 bits per heavy atom. The Morgan fingerprint density at radius 2 is 1.87 bits per heavy atom. The number of allylic oxidation sites excluding steroid dienone is 2. The Balaban J connectivity index is 1.67. The van der Waals surface area contributed by atoms with E-state index < -0.39 is 5.91 Å². The molecule has 1 fully saturated rings. The lowest BCUT2D eigenvalue weighted by molar-refractivity contribution is -0.122. The van der Waals surface area contributed by atoms with Crippen LogP contribution in [0, 0.1) is 11.8 Å². The van der Waals surface area contributed by atoms with E-state index in [-0.39, 0.29) is 34.9 Å². The molecule has 1 aliphatic carbocycles. The first-order valence-corrected chi connectivity index (χ1v) is 10.1. The molecule has 6 nitrogen and oxygen atoms in total. The van der Waals surface area contributed by atoms with Crippen LogP contribution in [0.15, 0.2) is 54.1 Å². The molecular weight excluding hydrogens is 404 g/mol. The number of fused-ring (bicyclic) bond motifs is 1. The van der Waals surface area contributed by atoms with E-state index in [2.05, 4.69) is 5.32 Å². The Bertz CT molecular complexity index is 1080. The van der Waals surface area contributed by atoms with Gasteiger partial charge in [-0.2, -0.15) is 0 Å². The highest BCUT2D eigenvalue weighted by Crippen LogP contribution is 2.40. The third-order valence-electron chi connectivity index (χ3n) is 5.62. The number of hydrogen-bond acceptors (Lipinski definition) is 4. The van der Waals surface area contributed by atoms with Crippen LogP contribution in [0.3, 0.4) is 0 Å². The molecule has 2 aromatic carbocycles. The second-order valence-electron chi connectivity index (χ2n) is 7.53. The van der Waals surface area contributed by atoms with Gasteiger partial charge in [0, 0.05) is 5.02 Å². The van der Waals surface area contributed by atoms with E-state index in [0.717, 1.165) is 5.57 Å². The van der Waals surface area contributed by atoms with E-state index in [1.165, 1.54) is 12.0 Å². The lowest BCUT2D eigenvalue weighted by atomic mass is 9.82. The monoisotopic (exact) mass is 424 g/mol. The quantitative estimate of drug-likeness (QED) is 0.581. The number of para-hydroxylation sites is 1. The van der Waals surface area contributed by atoms with E-state index in [1.54, 1.807) is 42.5 Å². The van der Waals surface area contributed by atoms with Crippen molar-refractivity contribution < 1.29 is 19.1 Å². The molecule has 0 saturated carbocycles. The summed E-state index contributed by atoms with van der Waals surface area (Å²) in [7, 11) is 1.49.